The van der Waals surface area contributed by atoms with E-state index in [2.05, 4.69) is 4.72 Å². The molecule has 1 N–H and O–H groups in total. The first-order chi connectivity index (χ1) is 13.2. The van der Waals surface area contributed by atoms with Crippen LogP contribution in [0.4, 0.5) is 10.1 Å². The number of halogens is 1. The van der Waals surface area contributed by atoms with Gasteiger partial charge in [-0.3, -0.25) is 4.79 Å². The standard InChI is InChI=1S/C21H25FN2O3S/c1-14(2)21(16-6-8-18(22)9-7-16)23-28(26,27)19-10-11-20-17(13-19)5-4-12-24(20)15(3)25/h6-11,13-14,21,23H,4-5,12H2,1-3H3/t21-/m0/s1. The number of nitrogens with one attached hydrogen (secondary N) is 1. The largest absolute Gasteiger partial charge is 0.312 e. The zero-order valence-corrected chi connectivity index (χ0v) is 17.1. The first kappa shape index (κ1) is 20.5. The number of hydrogen-bond acceptors (Lipinski definition) is 3. The molecular formula is C21H25FN2O3S. The van der Waals surface area contributed by atoms with Gasteiger partial charge in [-0.05, 0) is 60.2 Å². The number of sulfonamides is 1. The highest BCUT2D eigenvalue weighted by Gasteiger charge is 2.26. The van der Waals surface area contributed by atoms with E-state index < -0.39 is 16.1 Å². The fourth-order valence-electron chi connectivity index (χ4n) is 3.56. The third-order valence-electron chi connectivity index (χ3n) is 5.04. The second-order valence-corrected chi connectivity index (χ2v) is 9.17. The molecule has 1 aliphatic heterocycles. The molecule has 0 saturated carbocycles. The molecule has 2 aromatic rings. The van der Waals surface area contributed by atoms with Gasteiger partial charge in [0.15, 0.2) is 0 Å². The molecule has 5 nitrogen and oxygen atoms in total. The molecule has 0 bridgehead atoms. The van der Waals surface area contributed by atoms with Gasteiger partial charge in [-0.15, -0.1) is 0 Å². The summed E-state index contributed by atoms with van der Waals surface area (Å²) in [5, 5.41) is 0. The van der Waals surface area contributed by atoms with E-state index in [9.17, 15) is 17.6 Å². The van der Waals surface area contributed by atoms with Crippen molar-refractivity contribution in [2.24, 2.45) is 5.92 Å². The lowest BCUT2D eigenvalue weighted by Gasteiger charge is -2.29. The lowest BCUT2D eigenvalue weighted by Crippen LogP contribution is -2.34. The molecule has 1 amide bonds. The van der Waals surface area contributed by atoms with Gasteiger partial charge in [-0.1, -0.05) is 26.0 Å². The lowest BCUT2D eigenvalue weighted by molar-refractivity contribution is -0.116. The van der Waals surface area contributed by atoms with Crippen molar-refractivity contribution in [2.75, 3.05) is 11.4 Å². The van der Waals surface area contributed by atoms with E-state index >= 15 is 0 Å². The second kappa shape index (κ2) is 8.01. The van der Waals surface area contributed by atoms with Gasteiger partial charge in [0.2, 0.25) is 15.9 Å². The van der Waals surface area contributed by atoms with Crippen molar-refractivity contribution in [3.8, 4) is 0 Å². The van der Waals surface area contributed by atoms with Crippen LogP contribution in [0, 0.1) is 11.7 Å². The minimum atomic E-state index is -3.78. The third kappa shape index (κ3) is 4.25. The van der Waals surface area contributed by atoms with E-state index in [1.807, 2.05) is 13.8 Å². The molecule has 7 heteroatoms. The van der Waals surface area contributed by atoms with Gasteiger partial charge in [-0.25, -0.2) is 17.5 Å². The molecule has 1 aliphatic rings. The lowest BCUT2D eigenvalue weighted by atomic mass is 9.97. The highest BCUT2D eigenvalue weighted by atomic mass is 32.2. The minimum Gasteiger partial charge on any atom is -0.312 e. The molecule has 28 heavy (non-hydrogen) atoms. The van der Waals surface area contributed by atoms with Gasteiger partial charge in [0, 0.05) is 25.2 Å². The smallest absolute Gasteiger partial charge is 0.241 e. The summed E-state index contributed by atoms with van der Waals surface area (Å²) in [6.07, 6.45) is 1.53. The van der Waals surface area contributed by atoms with Crippen LogP contribution in [0.25, 0.3) is 0 Å². The average molecular weight is 405 g/mol. The summed E-state index contributed by atoms with van der Waals surface area (Å²) in [6, 6.07) is 10.3. The van der Waals surface area contributed by atoms with Crippen LogP contribution in [0.2, 0.25) is 0 Å². The fourth-order valence-corrected chi connectivity index (χ4v) is 4.99. The number of nitrogens with zero attached hydrogens (tertiary/aromatic N) is 1. The van der Waals surface area contributed by atoms with Crippen LogP contribution in [0.3, 0.4) is 0 Å². The number of carbonyl (C=O) groups is 1. The van der Waals surface area contributed by atoms with E-state index in [0.717, 1.165) is 24.1 Å². The van der Waals surface area contributed by atoms with Crippen LogP contribution in [0.1, 0.15) is 44.4 Å². The predicted molar refractivity (Wildman–Crippen MR) is 107 cm³/mol. The van der Waals surface area contributed by atoms with Crippen molar-refractivity contribution in [1.82, 2.24) is 4.72 Å². The number of carbonyl (C=O) groups excluding carboxylic acids is 1. The van der Waals surface area contributed by atoms with Crippen LogP contribution >= 0.6 is 0 Å². The average Bonchev–Trinajstić information content (AvgIpc) is 2.65. The Bertz CT molecular complexity index is 972. The van der Waals surface area contributed by atoms with Crippen molar-refractivity contribution in [2.45, 2.75) is 44.6 Å². The van der Waals surface area contributed by atoms with Gasteiger partial charge >= 0.3 is 0 Å². The molecule has 3 rings (SSSR count). The summed E-state index contributed by atoms with van der Waals surface area (Å²) >= 11 is 0. The zero-order chi connectivity index (χ0) is 20.5. The summed E-state index contributed by atoms with van der Waals surface area (Å²) in [4.78, 5) is 13.7. The zero-order valence-electron chi connectivity index (χ0n) is 16.3. The van der Waals surface area contributed by atoms with Gasteiger partial charge in [-0.2, -0.15) is 0 Å². The molecular weight excluding hydrogens is 379 g/mol. The maximum atomic E-state index is 13.2. The summed E-state index contributed by atoms with van der Waals surface area (Å²) in [6.45, 7) is 5.98. The topological polar surface area (TPSA) is 66.5 Å². The Morgan fingerprint density at radius 2 is 1.82 bits per heavy atom. The third-order valence-corrected chi connectivity index (χ3v) is 6.48. The molecule has 2 aromatic carbocycles. The Labute approximate surface area is 165 Å². The number of aryl methyl sites for hydroxylation is 1. The predicted octanol–water partition coefficient (Wildman–Crippen LogP) is 3.80. The van der Waals surface area contributed by atoms with Crippen LogP contribution in [-0.2, 0) is 21.2 Å². The van der Waals surface area contributed by atoms with Crippen molar-refractivity contribution in [3.05, 3.63) is 59.4 Å². The van der Waals surface area contributed by atoms with Crippen molar-refractivity contribution >= 4 is 21.6 Å². The van der Waals surface area contributed by atoms with E-state index in [0.29, 0.717) is 12.1 Å². The molecule has 1 atom stereocenters. The second-order valence-electron chi connectivity index (χ2n) is 7.46. The first-order valence-corrected chi connectivity index (χ1v) is 10.9. The Morgan fingerprint density at radius 1 is 1.14 bits per heavy atom. The molecule has 0 spiro atoms. The molecule has 0 unspecified atom stereocenters. The maximum Gasteiger partial charge on any atom is 0.241 e. The number of amides is 1. The summed E-state index contributed by atoms with van der Waals surface area (Å²) in [7, 11) is -3.78. The summed E-state index contributed by atoms with van der Waals surface area (Å²) < 4.78 is 42.0. The number of hydrogen-bond donors (Lipinski definition) is 1. The highest BCUT2D eigenvalue weighted by Crippen LogP contribution is 2.31. The van der Waals surface area contributed by atoms with Crippen LogP contribution < -0.4 is 9.62 Å². The van der Waals surface area contributed by atoms with Gasteiger partial charge < -0.3 is 4.90 Å². The van der Waals surface area contributed by atoms with Crippen molar-refractivity contribution < 1.29 is 17.6 Å². The van der Waals surface area contributed by atoms with Crippen LogP contribution in [0.15, 0.2) is 47.4 Å². The van der Waals surface area contributed by atoms with Gasteiger partial charge in [0.1, 0.15) is 5.82 Å². The SMILES string of the molecule is CC(=O)N1CCCc2cc(S(=O)(=O)N[C@H](c3ccc(F)cc3)C(C)C)ccc21. The van der Waals surface area contributed by atoms with E-state index in [1.54, 1.807) is 29.2 Å². The monoisotopic (exact) mass is 404 g/mol. The van der Waals surface area contributed by atoms with Crippen LogP contribution in [-0.4, -0.2) is 20.9 Å². The molecule has 150 valence electrons. The molecule has 1 heterocycles. The number of fused-ring (bicyclic) bond motifs is 1. The van der Waals surface area contributed by atoms with Gasteiger partial charge in [0.25, 0.3) is 0 Å². The Hall–Kier alpha value is -2.25. The number of benzene rings is 2. The normalized spacial score (nSPS) is 15.4. The summed E-state index contributed by atoms with van der Waals surface area (Å²) in [5.41, 5.74) is 2.34. The Morgan fingerprint density at radius 3 is 2.43 bits per heavy atom. The highest BCUT2D eigenvalue weighted by molar-refractivity contribution is 7.89. The molecule has 0 aliphatic carbocycles. The summed E-state index contributed by atoms with van der Waals surface area (Å²) in [5.74, 6) is -0.434. The van der Waals surface area contributed by atoms with Crippen molar-refractivity contribution in [1.29, 1.82) is 0 Å². The molecule has 0 saturated heterocycles. The molecule has 0 radical (unpaired) electrons. The van der Waals surface area contributed by atoms with E-state index in [1.165, 1.54) is 25.1 Å². The number of anilines is 1. The minimum absolute atomic E-state index is 0.0222. The Kier molecular flexibility index (Phi) is 5.86. The van der Waals surface area contributed by atoms with E-state index in [4.69, 9.17) is 0 Å². The quantitative estimate of drug-likeness (QED) is 0.824. The van der Waals surface area contributed by atoms with Gasteiger partial charge in [0.05, 0.1) is 4.90 Å². The fraction of sp³-hybridized carbons (Fsp3) is 0.381. The first-order valence-electron chi connectivity index (χ1n) is 9.38. The van der Waals surface area contributed by atoms with Crippen molar-refractivity contribution in [3.63, 3.8) is 0 Å². The molecule has 0 aromatic heterocycles. The van der Waals surface area contributed by atoms with E-state index in [-0.39, 0.29) is 22.5 Å². The maximum absolute atomic E-state index is 13.2. The molecule has 0 fully saturated rings. The Balaban J connectivity index is 1.91. The van der Waals surface area contributed by atoms with Crippen LogP contribution in [0.5, 0.6) is 0 Å². The number of rotatable bonds is 5.